The Kier molecular flexibility index (Phi) is 2.18. The van der Waals surface area contributed by atoms with Crippen molar-refractivity contribution in [2.45, 2.75) is 25.7 Å². The molecule has 0 amide bonds. The van der Waals surface area contributed by atoms with Gasteiger partial charge in [0.1, 0.15) is 0 Å². The van der Waals surface area contributed by atoms with Gasteiger partial charge in [0.2, 0.25) is 0 Å². The normalized spacial score (nSPS) is 38.2. The summed E-state index contributed by atoms with van der Waals surface area (Å²) in [5.41, 5.74) is 0. The average molecular weight is 145 g/mol. The molecule has 0 radical (unpaired) electrons. The van der Waals surface area contributed by atoms with Gasteiger partial charge in [-0.3, -0.25) is 0 Å². The van der Waals surface area contributed by atoms with Gasteiger partial charge in [0.15, 0.2) is 0 Å². The lowest BCUT2D eigenvalue weighted by atomic mass is 10.0. The van der Waals surface area contributed by atoms with Gasteiger partial charge in [-0.15, -0.1) is 12.4 Å². The molecule has 0 heterocycles. The van der Waals surface area contributed by atoms with E-state index >= 15 is 0 Å². The van der Waals surface area contributed by atoms with Gasteiger partial charge in [0, 0.05) is 0 Å². The molecule has 0 aromatic heterocycles. The summed E-state index contributed by atoms with van der Waals surface area (Å²) in [6.07, 6.45) is 10.6. The van der Waals surface area contributed by atoms with Gasteiger partial charge >= 0.3 is 0 Å². The zero-order valence-corrected chi connectivity index (χ0v) is 6.36. The van der Waals surface area contributed by atoms with Gasteiger partial charge in [-0.05, 0) is 31.1 Å². The molecule has 2 aliphatic carbocycles. The summed E-state index contributed by atoms with van der Waals surface area (Å²) in [5, 5.41) is 0. The third kappa shape index (κ3) is 1.14. The van der Waals surface area contributed by atoms with Crippen LogP contribution in [0.25, 0.3) is 0 Å². The summed E-state index contributed by atoms with van der Waals surface area (Å²) in [5.74, 6) is 2.06. The number of rotatable bonds is 0. The molecule has 0 saturated heterocycles. The molecule has 0 aromatic carbocycles. The molecule has 2 unspecified atom stereocenters. The lowest BCUT2D eigenvalue weighted by Gasteiger charge is -2.04. The second-order valence-corrected chi connectivity index (χ2v) is 3.02. The van der Waals surface area contributed by atoms with Crippen LogP contribution in [0.4, 0.5) is 0 Å². The molecule has 2 aliphatic rings. The van der Waals surface area contributed by atoms with Crippen molar-refractivity contribution in [2.24, 2.45) is 11.8 Å². The van der Waals surface area contributed by atoms with Crippen LogP contribution in [0.3, 0.4) is 0 Å². The van der Waals surface area contributed by atoms with E-state index in [4.69, 9.17) is 0 Å². The van der Waals surface area contributed by atoms with Crippen molar-refractivity contribution >= 4 is 12.4 Å². The first-order valence-electron chi connectivity index (χ1n) is 3.63. The van der Waals surface area contributed by atoms with Crippen LogP contribution >= 0.6 is 12.4 Å². The van der Waals surface area contributed by atoms with Crippen molar-refractivity contribution in [1.82, 2.24) is 0 Å². The van der Waals surface area contributed by atoms with Gasteiger partial charge < -0.3 is 0 Å². The molecule has 1 heteroatoms. The lowest BCUT2D eigenvalue weighted by molar-refractivity contribution is 0.496. The summed E-state index contributed by atoms with van der Waals surface area (Å²) in [6.45, 7) is 0. The van der Waals surface area contributed by atoms with E-state index in [9.17, 15) is 0 Å². The molecule has 0 bridgehead atoms. The Morgan fingerprint density at radius 3 is 2.89 bits per heavy atom. The molecule has 52 valence electrons. The highest BCUT2D eigenvalue weighted by Crippen LogP contribution is 2.39. The molecule has 2 rings (SSSR count). The minimum absolute atomic E-state index is 0. The first-order chi connectivity index (χ1) is 3.97. The van der Waals surface area contributed by atoms with E-state index in [1.54, 1.807) is 0 Å². The predicted molar refractivity (Wildman–Crippen MR) is 41.8 cm³/mol. The summed E-state index contributed by atoms with van der Waals surface area (Å²) < 4.78 is 0. The molecule has 0 spiro atoms. The summed E-state index contributed by atoms with van der Waals surface area (Å²) >= 11 is 0. The maximum absolute atomic E-state index is 2.41. The first kappa shape index (κ1) is 7.14. The van der Waals surface area contributed by atoms with Gasteiger partial charge in [0.05, 0.1) is 0 Å². The zero-order valence-electron chi connectivity index (χ0n) is 5.55. The smallest absolute Gasteiger partial charge is 0.0202 e. The highest BCUT2D eigenvalue weighted by Gasteiger charge is 2.26. The monoisotopic (exact) mass is 144 g/mol. The van der Waals surface area contributed by atoms with Gasteiger partial charge in [-0.25, -0.2) is 0 Å². The fraction of sp³-hybridized carbons (Fsp3) is 0.750. The van der Waals surface area contributed by atoms with E-state index in [2.05, 4.69) is 12.2 Å². The van der Waals surface area contributed by atoms with E-state index in [1.807, 2.05) is 0 Å². The number of allylic oxidation sites excluding steroid dienone is 2. The standard InChI is InChI=1S/C8H12.ClH/c1-3-7-5-2-6-8(7)4-1;/h1,3,7-8H,2,4-6H2;1H. The Balaban J connectivity index is 0.000000405. The van der Waals surface area contributed by atoms with Crippen molar-refractivity contribution in [3.63, 3.8) is 0 Å². The van der Waals surface area contributed by atoms with Crippen molar-refractivity contribution in [2.75, 3.05) is 0 Å². The molecule has 1 fully saturated rings. The predicted octanol–water partition coefficient (Wildman–Crippen LogP) is 2.78. The van der Waals surface area contributed by atoms with E-state index in [0.717, 1.165) is 11.8 Å². The second-order valence-electron chi connectivity index (χ2n) is 3.02. The van der Waals surface area contributed by atoms with Crippen molar-refractivity contribution in [1.29, 1.82) is 0 Å². The van der Waals surface area contributed by atoms with Gasteiger partial charge in [0.25, 0.3) is 0 Å². The first-order valence-corrected chi connectivity index (χ1v) is 3.63. The van der Waals surface area contributed by atoms with Crippen LogP contribution in [0.5, 0.6) is 0 Å². The average Bonchev–Trinajstić information content (AvgIpc) is 2.15. The van der Waals surface area contributed by atoms with E-state index in [0.29, 0.717) is 0 Å². The van der Waals surface area contributed by atoms with E-state index in [-0.39, 0.29) is 12.4 Å². The lowest BCUT2D eigenvalue weighted by Crippen LogP contribution is -1.96. The molecular weight excluding hydrogens is 132 g/mol. The number of hydrogen-bond acceptors (Lipinski definition) is 0. The number of halogens is 1. The molecular formula is C8H13Cl. The Hall–Kier alpha value is 0.0300. The fourth-order valence-electron chi connectivity index (χ4n) is 2.04. The van der Waals surface area contributed by atoms with Crippen LogP contribution in [-0.2, 0) is 0 Å². The third-order valence-corrected chi connectivity index (χ3v) is 2.54. The maximum Gasteiger partial charge on any atom is -0.0202 e. The zero-order chi connectivity index (χ0) is 5.40. The highest BCUT2D eigenvalue weighted by atomic mass is 35.5. The Morgan fingerprint density at radius 1 is 1.22 bits per heavy atom. The van der Waals surface area contributed by atoms with Crippen LogP contribution < -0.4 is 0 Å². The topological polar surface area (TPSA) is 0 Å². The SMILES string of the molecule is C1=CC2CCCC2C1.Cl. The van der Waals surface area contributed by atoms with E-state index < -0.39 is 0 Å². The van der Waals surface area contributed by atoms with Crippen molar-refractivity contribution < 1.29 is 0 Å². The van der Waals surface area contributed by atoms with Crippen molar-refractivity contribution in [3.8, 4) is 0 Å². The molecule has 9 heavy (non-hydrogen) atoms. The second kappa shape index (κ2) is 2.74. The Labute approximate surface area is 62.7 Å². The molecule has 0 N–H and O–H groups in total. The molecule has 0 aliphatic heterocycles. The van der Waals surface area contributed by atoms with Crippen LogP contribution in [0.2, 0.25) is 0 Å². The maximum atomic E-state index is 2.41. The van der Waals surface area contributed by atoms with E-state index in [1.165, 1.54) is 25.7 Å². The molecule has 2 atom stereocenters. The van der Waals surface area contributed by atoms with Crippen LogP contribution in [0.15, 0.2) is 12.2 Å². The summed E-state index contributed by atoms with van der Waals surface area (Å²) in [4.78, 5) is 0. The highest BCUT2D eigenvalue weighted by molar-refractivity contribution is 5.85. The number of fused-ring (bicyclic) bond motifs is 1. The summed E-state index contributed by atoms with van der Waals surface area (Å²) in [7, 11) is 0. The molecule has 0 aromatic rings. The Bertz CT molecular complexity index is 118. The van der Waals surface area contributed by atoms with Crippen LogP contribution in [0.1, 0.15) is 25.7 Å². The van der Waals surface area contributed by atoms with Gasteiger partial charge in [-0.1, -0.05) is 18.6 Å². The number of hydrogen-bond donors (Lipinski definition) is 0. The quantitative estimate of drug-likeness (QED) is 0.459. The summed E-state index contributed by atoms with van der Waals surface area (Å²) in [6, 6.07) is 0. The minimum atomic E-state index is 0. The molecule has 1 saturated carbocycles. The van der Waals surface area contributed by atoms with Crippen LogP contribution in [-0.4, -0.2) is 0 Å². The molecule has 0 nitrogen and oxygen atoms in total. The Morgan fingerprint density at radius 2 is 2.11 bits per heavy atom. The fourth-order valence-corrected chi connectivity index (χ4v) is 2.04. The minimum Gasteiger partial charge on any atom is -0.147 e. The van der Waals surface area contributed by atoms with Crippen LogP contribution in [0, 0.1) is 11.8 Å². The largest absolute Gasteiger partial charge is 0.147 e. The van der Waals surface area contributed by atoms with Gasteiger partial charge in [-0.2, -0.15) is 0 Å². The van der Waals surface area contributed by atoms with Crippen molar-refractivity contribution in [3.05, 3.63) is 12.2 Å². The third-order valence-electron chi connectivity index (χ3n) is 2.54.